The lowest BCUT2D eigenvalue weighted by atomic mass is 9.86. The van der Waals surface area contributed by atoms with Gasteiger partial charge in [0.05, 0.1) is 0 Å². The maximum Gasteiger partial charge on any atom is 0.225 e. The lowest BCUT2D eigenvalue weighted by Gasteiger charge is -2.35. The molecule has 2 saturated carbocycles. The van der Waals surface area contributed by atoms with E-state index in [-0.39, 0.29) is 0 Å². The minimum Gasteiger partial charge on any atom is -0.343 e. The zero-order valence-electron chi connectivity index (χ0n) is 10.7. The smallest absolute Gasteiger partial charge is 0.225 e. The maximum atomic E-state index is 12.3. The van der Waals surface area contributed by atoms with Gasteiger partial charge in [0, 0.05) is 19.0 Å². The van der Waals surface area contributed by atoms with Crippen LogP contribution in [0, 0.1) is 11.8 Å². The molecule has 0 aromatic carbocycles. The second kappa shape index (κ2) is 5.20. The van der Waals surface area contributed by atoms with E-state index in [1.54, 1.807) is 0 Å². The van der Waals surface area contributed by atoms with Crippen LogP contribution in [0.15, 0.2) is 0 Å². The standard InChI is InChI=1S/C14H25NO/c1-11-7-9-13(10-8-11)15(2)14(16)12-5-3-4-6-12/h11-13H,3-10H2,1-2H3/t11-,13-. The Balaban J connectivity index is 1.86. The first-order valence-corrected chi connectivity index (χ1v) is 6.95. The van der Waals surface area contributed by atoms with E-state index in [1.165, 1.54) is 38.5 Å². The van der Waals surface area contributed by atoms with E-state index < -0.39 is 0 Å². The molecular formula is C14H25NO. The molecule has 2 aliphatic rings. The van der Waals surface area contributed by atoms with Crippen molar-refractivity contribution >= 4 is 5.91 Å². The van der Waals surface area contributed by atoms with Crippen molar-refractivity contribution in [3.8, 4) is 0 Å². The number of hydrogen-bond acceptors (Lipinski definition) is 1. The molecule has 0 aromatic heterocycles. The highest BCUT2D eigenvalue weighted by Gasteiger charge is 2.30. The molecule has 0 atom stereocenters. The van der Waals surface area contributed by atoms with Crippen LogP contribution in [0.3, 0.4) is 0 Å². The Morgan fingerprint density at radius 1 is 1.00 bits per heavy atom. The normalized spacial score (nSPS) is 31.6. The quantitative estimate of drug-likeness (QED) is 0.704. The Labute approximate surface area is 99.4 Å². The Morgan fingerprint density at radius 3 is 2.12 bits per heavy atom. The fourth-order valence-electron chi connectivity index (χ4n) is 3.27. The van der Waals surface area contributed by atoms with Crippen LogP contribution in [0.2, 0.25) is 0 Å². The molecular weight excluding hydrogens is 198 g/mol. The van der Waals surface area contributed by atoms with Gasteiger partial charge in [-0.2, -0.15) is 0 Å². The molecule has 1 amide bonds. The van der Waals surface area contributed by atoms with Crippen LogP contribution in [0.25, 0.3) is 0 Å². The number of hydrogen-bond donors (Lipinski definition) is 0. The Kier molecular flexibility index (Phi) is 3.88. The largest absolute Gasteiger partial charge is 0.343 e. The lowest BCUT2D eigenvalue weighted by molar-refractivity contribution is -0.136. The van der Waals surface area contributed by atoms with E-state index in [4.69, 9.17) is 0 Å². The van der Waals surface area contributed by atoms with Gasteiger partial charge >= 0.3 is 0 Å². The fraction of sp³-hybridized carbons (Fsp3) is 0.929. The monoisotopic (exact) mass is 223 g/mol. The molecule has 2 fully saturated rings. The van der Waals surface area contributed by atoms with Gasteiger partial charge in [-0.25, -0.2) is 0 Å². The summed E-state index contributed by atoms with van der Waals surface area (Å²) in [5.41, 5.74) is 0. The van der Waals surface area contributed by atoms with E-state index in [2.05, 4.69) is 11.8 Å². The third-order valence-electron chi connectivity index (χ3n) is 4.59. The lowest BCUT2D eigenvalue weighted by Crippen LogP contribution is -2.41. The number of carbonyl (C=O) groups excluding carboxylic acids is 1. The van der Waals surface area contributed by atoms with Gasteiger partial charge in [0.2, 0.25) is 5.91 Å². The first kappa shape index (κ1) is 11.9. The Hall–Kier alpha value is -0.530. The minimum atomic E-state index is 0.351. The molecule has 0 saturated heterocycles. The second-order valence-corrected chi connectivity index (χ2v) is 5.84. The van der Waals surface area contributed by atoms with E-state index in [1.807, 2.05) is 7.05 Å². The number of rotatable bonds is 2. The molecule has 0 heterocycles. The van der Waals surface area contributed by atoms with E-state index in [0.717, 1.165) is 18.8 Å². The minimum absolute atomic E-state index is 0.351. The average Bonchev–Trinajstić information content (AvgIpc) is 2.81. The summed E-state index contributed by atoms with van der Waals surface area (Å²) in [6, 6.07) is 0.532. The summed E-state index contributed by atoms with van der Waals surface area (Å²) >= 11 is 0. The molecule has 0 radical (unpaired) electrons. The van der Waals surface area contributed by atoms with Crippen LogP contribution in [-0.2, 0) is 4.79 Å². The van der Waals surface area contributed by atoms with Gasteiger partial charge in [-0.15, -0.1) is 0 Å². The molecule has 92 valence electrons. The van der Waals surface area contributed by atoms with Gasteiger partial charge in [-0.05, 0) is 44.4 Å². The van der Waals surface area contributed by atoms with Crippen LogP contribution >= 0.6 is 0 Å². The van der Waals surface area contributed by atoms with E-state index >= 15 is 0 Å². The second-order valence-electron chi connectivity index (χ2n) is 5.84. The first-order chi connectivity index (χ1) is 7.68. The third kappa shape index (κ3) is 2.58. The highest BCUT2D eigenvalue weighted by molar-refractivity contribution is 5.79. The molecule has 0 N–H and O–H groups in total. The van der Waals surface area contributed by atoms with Crippen molar-refractivity contribution in [3.63, 3.8) is 0 Å². The molecule has 0 unspecified atom stereocenters. The summed E-state index contributed by atoms with van der Waals surface area (Å²) in [7, 11) is 2.03. The molecule has 2 aliphatic carbocycles. The van der Waals surface area contributed by atoms with Gasteiger partial charge in [0.25, 0.3) is 0 Å². The zero-order chi connectivity index (χ0) is 11.5. The molecule has 0 bridgehead atoms. The average molecular weight is 223 g/mol. The third-order valence-corrected chi connectivity index (χ3v) is 4.59. The summed E-state index contributed by atoms with van der Waals surface area (Å²) in [6.07, 6.45) is 9.81. The van der Waals surface area contributed by atoms with Crippen molar-refractivity contribution in [1.82, 2.24) is 4.90 Å². The van der Waals surface area contributed by atoms with Crippen LogP contribution in [0.4, 0.5) is 0 Å². The number of nitrogens with zero attached hydrogens (tertiary/aromatic N) is 1. The summed E-state index contributed by atoms with van der Waals surface area (Å²) in [5, 5.41) is 0. The van der Waals surface area contributed by atoms with Crippen molar-refractivity contribution in [1.29, 1.82) is 0 Å². The predicted octanol–water partition coefficient (Wildman–Crippen LogP) is 3.21. The SMILES string of the molecule is CN(C(=O)C1CCCC1)[C@H]1CC[C@H](C)CC1. The van der Waals surface area contributed by atoms with Gasteiger partial charge in [0.1, 0.15) is 0 Å². The van der Waals surface area contributed by atoms with Crippen molar-refractivity contribution in [2.45, 2.75) is 64.3 Å². The molecule has 0 aliphatic heterocycles. The molecule has 2 rings (SSSR count). The van der Waals surface area contributed by atoms with Crippen LogP contribution < -0.4 is 0 Å². The van der Waals surface area contributed by atoms with Gasteiger partial charge in [0.15, 0.2) is 0 Å². The zero-order valence-corrected chi connectivity index (χ0v) is 10.7. The molecule has 0 aromatic rings. The maximum absolute atomic E-state index is 12.3. The Morgan fingerprint density at radius 2 is 1.56 bits per heavy atom. The van der Waals surface area contributed by atoms with E-state index in [9.17, 15) is 4.79 Å². The van der Waals surface area contributed by atoms with Crippen LogP contribution in [0.5, 0.6) is 0 Å². The summed E-state index contributed by atoms with van der Waals surface area (Å²) in [6.45, 7) is 2.33. The van der Waals surface area contributed by atoms with Crippen LogP contribution in [-0.4, -0.2) is 23.9 Å². The summed E-state index contributed by atoms with van der Waals surface area (Å²) < 4.78 is 0. The van der Waals surface area contributed by atoms with Gasteiger partial charge in [-0.3, -0.25) is 4.79 Å². The van der Waals surface area contributed by atoms with Crippen molar-refractivity contribution in [2.75, 3.05) is 7.05 Å². The van der Waals surface area contributed by atoms with Crippen molar-refractivity contribution in [2.24, 2.45) is 11.8 Å². The number of amides is 1. The fourth-order valence-corrected chi connectivity index (χ4v) is 3.27. The summed E-state index contributed by atoms with van der Waals surface area (Å²) in [4.78, 5) is 14.3. The number of carbonyl (C=O) groups is 1. The predicted molar refractivity (Wildman–Crippen MR) is 66.1 cm³/mol. The van der Waals surface area contributed by atoms with Crippen molar-refractivity contribution in [3.05, 3.63) is 0 Å². The molecule has 16 heavy (non-hydrogen) atoms. The highest BCUT2D eigenvalue weighted by Crippen LogP contribution is 2.30. The summed E-state index contributed by atoms with van der Waals surface area (Å²) in [5.74, 6) is 1.65. The van der Waals surface area contributed by atoms with Crippen LogP contribution in [0.1, 0.15) is 58.3 Å². The van der Waals surface area contributed by atoms with E-state index in [0.29, 0.717) is 17.9 Å². The van der Waals surface area contributed by atoms with Crippen molar-refractivity contribution < 1.29 is 4.79 Å². The van der Waals surface area contributed by atoms with Gasteiger partial charge < -0.3 is 4.90 Å². The molecule has 0 spiro atoms. The van der Waals surface area contributed by atoms with Gasteiger partial charge in [-0.1, -0.05) is 19.8 Å². The topological polar surface area (TPSA) is 20.3 Å². The Bertz CT molecular complexity index is 237. The highest BCUT2D eigenvalue weighted by atomic mass is 16.2. The first-order valence-electron chi connectivity index (χ1n) is 6.95. The molecule has 2 heteroatoms. The molecule has 2 nitrogen and oxygen atoms in total.